The molecule has 13 heavy (non-hydrogen) atoms. The quantitative estimate of drug-likeness (QED) is 0.672. The summed E-state index contributed by atoms with van der Waals surface area (Å²) in [6.07, 6.45) is 10.8. The van der Waals surface area contributed by atoms with Gasteiger partial charge < -0.3 is 0 Å². The average Bonchev–Trinajstić information content (AvgIpc) is 2.53. The summed E-state index contributed by atoms with van der Waals surface area (Å²) < 4.78 is 3.53. The maximum absolute atomic E-state index is 6.65. The number of rotatable bonds is 4. The molecule has 0 heterocycles. The minimum absolute atomic E-state index is 0.358. The van der Waals surface area contributed by atoms with Gasteiger partial charge in [0.1, 0.15) is 0 Å². The first kappa shape index (κ1) is 12.0. The molecular weight excluding hydrogens is 282 g/mol. The van der Waals surface area contributed by atoms with Crippen molar-refractivity contribution >= 4 is 17.0 Å². The van der Waals surface area contributed by atoms with E-state index in [2.05, 4.69) is 35.9 Å². The van der Waals surface area contributed by atoms with Crippen LogP contribution in [0.15, 0.2) is 24.3 Å². The molecule has 1 aliphatic rings. The van der Waals surface area contributed by atoms with Crippen molar-refractivity contribution in [3.8, 4) is 0 Å². The molecule has 0 radical (unpaired) electrons. The molecule has 0 saturated carbocycles. The molecule has 1 rings (SSSR count). The van der Waals surface area contributed by atoms with E-state index in [1.165, 1.54) is 6.42 Å². The Morgan fingerprint density at radius 3 is 2.23 bits per heavy atom. The van der Waals surface area contributed by atoms with Crippen LogP contribution < -0.4 is 0 Å². The van der Waals surface area contributed by atoms with Crippen LogP contribution in [-0.4, -0.2) is 0 Å². The predicted octanol–water partition coefficient (Wildman–Crippen LogP) is 5.16. The van der Waals surface area contributed by atoms with E-state index < -0.39 is 16.4 Å². The summed E-state index contributed by atoms with van der Waals surface area (Å²) in [4.78, 5) is 0. The van der Waals surface area contributed by atoms with Crippen molar-refractivity contribution in [2.24, 2.45) is 0 Å². The molecule has 0 saturated heterocycles. The van der Waals surface area contributed by atoms with E-state index in [0.717, 1.165) is 10.5 Å². The van der Waals surface area contributed by atoms with Crippen molar-refractivity contribution in [1.82, 2.24) is 0 Å². The zero-order chi connectivity index (χ0) is 9.97. The summed E-state index contributed by atoms with van der Waals surface area (Å²) in [6, 6.07) is 0. The van der Waals surface area contributed by atoms with Gasteiger partial charge in [0.2, 0.25) is 0 Å². The van der Waals surface area contributed by atoms with Gasteiger partial charge in [0.15, 0.2) is 0 Å². The zero-order valence-electron chi connectivity index (χ0n) is 8.26. The van der Waals surface area contributed by atoms with E-state index in [-0.39, 0.29) is 0 Å². The molecule has 0 fully saturated rings. The number of halogens is 2. The fourth-order valence-corrected chi connectivity index (χ4v) is 11.6. The molecule has 0 nitrogen and oxygen atoms in total. The van der Waals surface area contributed by atoms with Gasteiger partial charge in [-0.25, -0.2) is 0 Å². The van der Waals surface area contributed by atoms with Gasteiger partial charge in [0, 0.05) is 0 Å². The zero-order valence-corrected chi connectivity index (χ0v) is 12.2. The molecule has 0 aromatic rings. The Hall–Kier alpha value is 0.943. The van der Waals surface area contributed by atoms with Crippen molar-refractivity contribution < 1.29 is 16.4 Å². The first-order valence-electron chi connectivity index (χ1n) is 4.89. The molecule has 0 bridgehead atoms. The Balaban J connectivity index is 2.70. The Bertz CT molecular complexity index is 223. The summed E-state index contributed by atoms with van der Waals surface area (Å²) in [5.41, 5.74) is 0. The molecule has 0 aliphatic heterocycles. The fourth-order valence-electron chi connectivity index (χ4n) is 1.66. The van der Waals surface area contributed by atoms with Gasteiger partial charge in [-0.3, -0.25) is 0 Å². The van der Waals surface area contributed by atoms with Gasteiger partial charge in [-0.15, -0.1) is 0 Å². The van der Waals surface area contributed by atoms with Gasteiger partial charge >= 0.3 is 89.9 Å². The third kappa shape index (κ3) is 3.22. The van der Waals surface area contributed by atoms with Crippen LogP contribution in [0, 0.1) is 0 Å². The maximum atomic E-state index is 6.65. The molecule has 0 unspecified atom stereocenters. The second kappa shape index (κ2) is 4.21. The number of unbranched alkanes of at least 4 members (excludes halogenated alkanes) is 1. The Kier molecular flexibility index (Phi) is 3.89. The van der Waals surface area contributed by atoms with Gasteiger partial charge in [-0.2, -0.15) is 0 Å². The Labute approximate surface area is 89.2 Å². The van der Waals surface area contributed by atoms with Crippen molar-refractivity contribution in [2.45, 2.75) is 32.2 Å². The fraction of sp³-hybridized carbons (Fsp3) is 0.600. The summed E-state index contributed by atoms with van der Waals surface area (Å²) in [7, 11) is 13.3. The van der Waals surface area contributed by atoms with Crippen LogP contribution in [-0.2, 0) is 16.4 Å². The summed E-state index contributed by atoms with van der Waals surface area (Å²) in [5, 5.41) is 0. The van der Waals surface area contributed by atoms with Gasteiger partial charge in [-0.05, 0) is 0 Å². The first-order valence-corrected chi connectivity index (χ1v) is 16.8. The van der Waals surface area contributed by atoms with Crippen molar-refractivity contribution in [3.63, 3.8) is 0 Å². The molecule has 3 heteroatoms. The van der Waals surface area contributed by atoms with Gasteiger partial charge in [0.05, 0.1) is 0 Å². The minimum atomic E-state index is -3.38. The van der Waals surface area contributed by atoms with Gasteiger partial charge in [-0.1, -0.05) is 0 Å². The van der Waals surface area contributed by atoms with Crippen molar-refractivity contribution in [2.75, 3.05) is 0 Å². The van der Waals surface area contributed by atoms with Crippen LogP contribution in [0.3, 0.4) is 0 Å². The number of hydrogen-bond acceptors (Lipinski definition) is 0. The van der Waals surface area contributed by atoms with E-state index in [4.69, 9.17) is 17.0 Å². The molecule has 0 atom stereocenters. The summed E-state index contributed by atoms with van der Waals surface area (Å²) in [5.74, 6) is 0. The molecule has 0 amide bonds. The summed E-state index contributed by atoms with van der Waals surface area (Å²) >= 11 is -3.38. The molecular formula is C10H17Cl2Zr. The van der Waals surface area contributed by atoms with E-state index in [1.807, 2.05) is 0 Å². The van der Waals surface area contributed by atoms with Crippen LogP contribution in [0.5, 0.6) is 0 Å². The standard InChI is InChI=1S/C5H5.C4H9.CH3.2ClH.Zr/c1-2-4-5-3-1;1-3-4-2;;;;/h1-5H;1,3-4H2,2H3;1H3;2*1H;/q;;;;;+2/p-2. The van der Waals surface area contributed by atoms with E-state index in [9.17, 15) is 0 Å². The van der Waals surface area contributed by atoms with E-state index in [1.54, 1.807) is 0 Å². The predicted molar refractivity (Wildman–Crippen MR) is 59.3 cm³/mol. The monoisotopic (exact) mass is 297 g/mol. The molecule has 0 aromatic heterocycles. The first-order chi connectivity index (χ1) is 5.94. The number of hydrogen-bond donors (Lipinski definition) is 0. The topological polar surface area (TPSA) is 0 Å². The van der Waals surface area contributed by atoms with Gasteiger partial charge in [0.25, 0.3) is 0 Å². The van der Waals surface area contributed by atoms with Crippen LogP contribution in [0.25, 0.3) is 0 Å². The second-order valence-electron chi connectivity index (χ2n) is 4.18. The van der Waals surface area contributed by atoms with Crippen molar-refractivity contribution in [3.05, 3.63) is 24.3 Å². The van der Waals surface area contributed by atoms with E-state index in [0.29, 0.717) is 3.63 Å². The van der Waals surface area contributed by atoms with Crippen LogP contribution in [0.2, 0.25) is 12.4 Å². The normalized spacial score (nSPS) is 20.5. The second-order valence-corrected chi connectivity index (χ2v) is 29.4. The van der Waals surface area contributed by atoms with Crippen LogP contribution in [0.1, 0.15) is 19.8 Å². The van der Waals surface area contributed by atoms with Crippen LogP contribution in [0.4, 0.5) is 0 Å². The average molecular weight is 299 g/mol. The SMILES string of the molecule is CCC[CH2][Zr]([CH3])([Cl])([Cl])[CH]1C=CC=C1. The molecule has 1 aliphatic carbocycles. The van der Waals surface area contributed by atoms with Crippen LogP contribution >= 0.6 is 17.0 Å². The van der Waals surface area contributed by atoms with E-state index >= 15 is 0 Å². The third-order valence-corrected chi connectivity index (χ3v) is 16.6. The third-order valence-electron chi connectivity index (χ3n) is 2.68. The number of allylic oxidation sites excluding steroid dienone is 4. The molecule has 75 valence electrons. The Morgan fingerprint density at radius 2 is 1.77 bits per heavy atom. The molecule has 0 aromatic carbocycles. The summed E-state index contributed by atoms with van der Waals surface area (Å²) in [6.45, 7) is 2.18. The molecule has 0 N–H and O–H groups in total. The molecule has 0 spiro atoms. The Morgan fingerprint density at radius 1 is 1.23 bits per heavy atom. The van der Waals surface area contributed by atoms with Crippen molar-refractivity contribution in [1.29, 1.82) is 0 Å².